The highest BCUT2D eigenvalue weighted by Crippen LogP contribution is 2.68. The van der Waals surface area contributed by atoms with Crippen LogP contribution in [0.1, 0.15) is 47.0 Å². The molecule has 1 aromatic carbocycles. The van der Waals surface area contributed by atoms with Crippen LogP contribution >= 0.6 is 27.7 Å². The van der Waals surface area contributed by atoms with E-state index in [1.807, 2.05) is 38.1 Å². The molecule has 10 heteroatoms. The second-order valence-corrected chi connectivity index (χ2v) is 12.9. The first kappa shape index (κ1) is 28.2. The van der Waals surface area contributed by atoms with Crippen molar-refractivity contribution in [2.24, 2.45) is 11.8 Å². The number of fused-ring (bicyclic) bond motifs is 1. The summed E-state index contributed by atoms with van der Waals surface area (Å²) in [5, 5.41) is 16.1. The summed E-state index contributed by atoms with van der Waals surface area (Å²) in [6.45, 7) is 10.2. The van der Waals surface area contributed by atoms with Crippen LogP contribution in [0.4, 0.5) is 11.4 Å². The highest BCUT2D eigenvalue weighted by atomic mass is 79.9. The number of alkyl halides is 1. The van der Waals surface area contributed by atoms with Gasteiger partial charge in [0.1, 0.15) is 6.04 Å². The Morgan fingerprint density at radius 2 is 1.86 bits per heavy atom. The van der Waals surface area contributed by atoms with E-state index in [0.29, 0.717) is 25.1 Å². The quantitative estimate of drug-likeness (QED) is 0.340. The van der Waals surface area contributed by atoms with Crippen LogP contribution in [0, 0.1) is 11.8 Å². The van der Waals surface area contributed by atoms with Crippen molar-refractivity contribution in [3.63, 3.8) is 0 Å². The Kier molecular flexibility index (Phi) is 8.80. The van der Waals surface area contributed by atoms with Gasteiger partial charge in [-0.1, -0.05) is 29.8 Å². The van der Waals surface area contributed by atoms with Crippen molar-refractivity contribution in [2.45, 2.75) is 73.9 Å². The molecule has 4 rings (SSSR count). The van der Waals surface area contributed by atoms with Gasteiger partial charge in [-0.3, -0.25) is 14.4 Å². The van der Waals surface area contributed by atoms with E-state index in [0.717, 1.165) is 25.2 Å². The molecule has 0 saturated carbocycles. The maximum Gasteiger partial charge on any atom is 0.248 e. The molecule has 3 N–H and O–H groups in total. The lowest BCUT2D eigenvalue weighted by atomic mass is 9.70. The van der Waals surface area contributed by atoms with Gasteiger partial charge in [0, 0.05) is 41.1 Å². The van der Waals surface area contributed by atoms with Crippen LogP contribution in [-0.2, 0) is 14.4 Å². The van der Waals surface area contributed by atoms with Gasteiger partial charge in [0.25, 0.3) is 0 Å². The average Bonchev–Trinajstić information content (AvgIpc) is 3.49. The van der Waals surface area contributed by atoms with Gasteiger partial charge in [-0.15, -0.1) is 11.8 Å². The number of aliphatic hydroxyl groups excluding tert-OH is 1. The zero-order chi connectivity index (χ0) is 26.9. The Hall–Kier alpha value is -1.78. The van der Waals surface area contributed by atoms with Crippen LogP contribution in [-0.4, -0.2) is 80.9 Å². The fourth-order valence-corrected chi connectivity index (χ4v) is 9.99. The summed E-state index contributed by atoms with van der Waals surface area (Å²) in [6, 6.07) is 6.49. The number of hydrogen-bond acceptors (Lipinski definition) is 6. The van der Waals surface area contributed by atoms with Crippen LogP contribution in [0.15, 0.2) is 24.3 Å². The van der Waals surface area contributed by atoms with Crippen molar-refractivity contribution >= 4 is 56.8 Å². The topological polar surface area (TPSA) is 102 Å². The molecule has 3 aliphatic heterocycles. The van der Waals surface area contributed by atoms with Crippen LogP contribution in [0.2, 0.25) is 0 Å². The van der Waals surface area contributed by atoms with Crippen molar-refractivity contribution in [1.29, 1.82) is 0 Å². The molecular formula is C27H39BrN4O4S. The minimum absolute atomic E-state index is 0.0248. The number of thioether (sulfide) groups is 1. The number of carbonyl (C=O) groups is 3. The molecule has 37 heavy (non-hydrogen) atoms. The third-order valence-corrected chi connectivity index (χ3v) is 11.4. The fraction of sp³-hybridized carbons (Fsp3) is 0.667. The minimum atomic E-state index is -0.774. The van der Waals surface area contributed by atoms with E-state index in [4.69, 9.17) is 0 Å². The molecular weight excluding hydrogens is 556 g/mol. The van der Waals surface area contributed by atoms with Gasteiger partial charge < -0.3 is 25.5 Å². The molecule has 204 valence electrons. The molecule has 1 spiro atoms. The van der Waals surface area contributed by atoms with Crippen LogP contribution in [0.5, 0.6) is 0 Å². The maximum atomic E-state index is 14.0. The number of hydrogen-bond donors (Lipinski definition) is 3. The predicted molar refractivity (Wildman–Crippen MR) is 152 cm³/mol. The monoisotopic (exact) mass is 594 g/mol. The molecule has 0 aromatic heterocycles. The summed E-state index contributed by atoms with van der Waals surface area (Å²) in [5.41, 5.74) is 1.74. The molecule has 3 heterocycles. The number of anilines is 2. The Balaban J connectivity index is 1.67. The third kappa shape index (κ3) is 4.78. The first-order chi connectivity index (χ1) is 17.8. The molecule has 3 fully saturated rings. The molecule has 8 nitrogen and oxygen atoms in total. The first-order valence-corrected chi connectivity index (χ1v) is 15.3. The number of halogens is 1. The summed E-state index contributed by atoms with van der Waals surface area (Å²) in [6.07, 6.45) is 1.95. The summed E-state index contributed by atoms with van der Waals surface area (Å²) in [7, 11) is 0. The van der Waals surface area contributed by atoms with Crippen molar-refractivity contribution in [3.8, 4) is 0 Å². The van der Waals surface area contributed by atoms with E-state index >= 15 is 0 Å². The number of likely N-dealkylation sites (tertiary alicyclic amines) is 1. The Morgan fingerprint density at radius 1 is 1.19 bits per heavy atom. The minimum Gasteiger partial charge on any atom is -0.394 e. The fourth-order valence-electron chi connectivity index (χ4n) is 6.39. The van der Waals surface area contributed by atoms with E-state index < -0.39 is 28.7 Å². The van der Waals surface area contributed by atoms with Gasteiger partial charge in [-0.05, 0) is 57.4 Å². The van der Waals surface area contributed by atoms with Gasteiger partial charge in [0.2, 0.25) is 17.7 Å². The molecule has 3 aliphatic rings. The normalized spacial score (nSPS) is 30.8. The zero-order valence-corrected chi connectivity index (χ0v) is 24.5. The maximum absolute atomic E-state index is 14.0. The largest absolute Gasteiger partial charge is 0.394 e. The van der Waals surface area contributed by atoms with Gasteiger partial charge in [0.05, 0.1) is 29.2 Å². The predicted octanol–water partition coefficient (Wildman–Crippen LogP) is 3.23. The highest BCUT2D eigenvalue weighted by molar-refractivity contribution is 9.09. The van der Waals surface area contributed by atoms with Gasteiger partial charge in [0.15, 0.2) is 0 Å². The molecule has 1 aromatic rings. The van der Waals surface area contributed by atoms with E-state index in [1.165, 1.54) is 0 Å². The van der Waals surface area contributed by atoms with E-state index in [-0.39, 0.29) is 34.4 Å². The van der Waals surface area contributed by atoms with Gasteiger partial charge in [-0.2, -0.15) is 0 Å². The number of aliphatic hydroxyl groups is 1. The molecule has 7 atom stereocenters. The second kappa shape index (κ2) is 11.5. The highest BCUT2D eigenvalue weighted by Gasteiger charge is 2.76. The standard InChI is InChI=1S/C27H39BrN4O4S/c1-5-13-29-24(34)20-21-26(36)32(17(6-2)15-33)23(27(21)14-19(28)22(20)37-27)25(35)30-16-9-11-18(12-10-16)31(7-3)8-4/h9-12,17,19-23,33H,5-8,13-15H2,1-4H3,(H,29,34)(H,30,35)/t17-,19?,20-,21-,22-,23?,27?/m0/s1. The SMILES string of the molecule is CCCNC(=O)[C@H]1[C@H]2C(=O)N([C@@H](CC)CO)C(C(=O)Nc3ccc(N(CC)CC)cc3)C23CC(Br)[C@@H]1S3. The van der Waals surface area contributed by atoms with Crippen LogP contribution < -0.4 is 15.5 Å². The van der Waals surface area contributed by atoms with E-state index in [2.05, 4.69) is 45.3 Å². The third-order valence-electron chi connectivity index (χ3n) is 8.17. The lowest BCUT2D eigenvalue weighted by Gasteiger charge is -2.37. The van der Waals surface area contributed by atoms with Gasteiger partial charge >= 0.3 is 0 Å². The number of benzene rings is 1. The summed E-state index contributed by atoms with van der Waals surface area (Å²) < 4.78 is -0.724. The number of rotatable bonds is 11. The smallest absolute Gasteiger partial charge is 0.248 e. The lowest BCUT2D eigenvalue weighted by Crippen LogP contribution is -2.55. The summed E-state index contributed by atoms with van der Waals surface area (Å²) in [4.78, 5) is 45.1. The molecule has 2 bridgehead atoms. The van der Waals surface area contributed by atoms with Crippen molar-refractivity contribution < 1.29 is 19.5 Å². The van der Waals surface area contributed by atoms with Crippen LogP contribution in [0.25, 0.3) is 0 Å². The average molecular weight is 596 g/mol. The Morgan fingerprint density at radius 3 is 2.43 bits per heavy atom. The lowest BCUT2D eigenvalue weighted by molar-refractivity contribution is -0.142. The van der Waals surface area contributed by atoms with E-state index in [1.54, 1.807) is 16.7 Å². The molecule has 3 unspecified atom stereocenters. The van der Waals surface area contributed by atoms with Gasteiger partial charge in [-0.25, -0.2) is 0 Å². The number of nitrogens with zero attached hydrogens (tertiary/aromatic N) is 2. The first-order valence-electron chi connectivity index (χ1n) is 13.5. The molecule has 3 saturated heterocycles. The Bertz CT molecular complexity index is 1000. The molecule has 0 aliphatic carbocycles. The Labute approximate surface area is 232 Å². The van der Waals surface area contributed by atoms with Crippen molar-refractivity contribution in [2.75, 3.05) is 36.5 Å². The number of carbonyl (C=O) groups excluding carboxylic acids is 3. The molecule has 0 radical (unpaired) electrons. The van der Waals surface area contributed by atoms with Crippen LogP contribution in [0.3, 0.4) is 0 Å². The zero-order valence-electron chi connectivity index (χ0n) is 22.1. The van der Waals surface area contributed by atoms with Crippen molar-refractivity contribution in [1.82, 2.24) is 10.2 Å². The summed E-state index contributed by atoms with van der Waals surface area (Å²) >= 11 is 5.39. The number of amides is 3. The molecule has 3 amide bonds. The second-order valence-electron chi connectivity index (χ2n) is 10.2. The summed E-state index contributed by atoms with van der Waals surface area (Å²) in [5.74, 6) is -1.67. The van der Waals surface area contributed by atoms with E-state index in [9.17, 15) is 19.5 Å². The number of nitrogens with one attached hydrogen (secondary N) is 2. The van der Waals surface area contributed by atoms with Crippen molar-refractivity contribution in [3.05, 3.63) is 24.3 Å².